The molecule has 0 atom stereocenters. The monoisotopic (exact) mass is 324 g/mol. The molecule has 0 aliphatic carbocycles. The van der Waals surface area contributed by atoms with Crippen molar-refractivity contribution in [3.05, 3.63) is 42.0 Å². The second-order valence-corrected chi connectivity index (χ2v) is 7.98. The van der Waals surface area contributed by atoms with Crippen LogP contribution >= 0.6 is 0 Å². The van der Waals surface area contributed by atoms with Gasteiger partial charge in [-0.25, -0.2) is 4.79 Å². The topological polar surface area (TPSA) is 54.0 Å². The van der Waals surface area contributed by atoms with Crippen LogP contribution in [0.1, 0.15) is 17.5 Å². The van der Waals surface area contributed by atoms with Gasteiger partial charge in [-0.15, -0.1) is 0 Å². The van der Waals surface area contributed by atoms with Gasteiger partial charge in [-0.1, -0.05) is 18.7 Å². The van der Waals surface area contributed by atoms with Crippen molar-refractivity contribution in [2.45, 2.75) is 25.8 Å². The quantitative estimate of drug-likeness (QED) is 0.302. The molecule has 22 heavy (non-hydrogen) atoms. The van der Waals surface area contributed by atoms with E-state index in [4.69, 9.17) is 18.0 Å². The molecular formula is C16H24O5Si. The summed E-state index contributed by atoms with van der Waals surface area (Å²) >= 11 is 0. The third-order valence-electron chi connectivity index (χ3n) is 3.46. The fraction of sp³-hybridized carbons (Fsp3) is 0.438. The van der Waals surface area contributed by atoms with E-state index < -0.39 is 14.8 Å². The van der Waals surface area contributed by atoms with E-state index in [-0.39, 0.29) is 0 Å². The van der Waals surface area contributed by atoms with E-state index in [1.165, 1.54) is 0 Å². The summed E-state index contributed by atoms with van der Waals surface area (Å²) in [6.45, 7) is 5.37. The fourth-order valence-electron chi connectivity index (χ4n) is 2.16. The Morgan fingerprint density at radius 3 is 2.41 bits per heavy atom. The van der Waals surface area contributed by atoms with Crippen LogP contribution in [0.15, 0.2) is 30.9 Å². The average Bonchev–Trinajstić information content (AvgIpc) is 2.54. The summed E-state index contributed by atoms with van der Waals surface area (Å²) in [7, 11) is 2.24. The van der Waals surface area contributed by atoms with Gasteiger partial charge >= 0.3 is 14.8 Å². The first-order valence-corrected chi connectivity index (χ1v) is 9.02. The van der Waals surface area contributed by atoms with E-state index in [0.717, 1.165) is 30.0 Å². The van der Waals surface area contributed by atoms with Crippen molar-refractivity contribution in [2.24, 2.45) is 0 Å². The van der Waals surface area contributed by atoms with Crippen LogP contribution in [0.4, 0.5) is 0 Å². The molecule has 0 N–H and O–H groups in total. The first-order chi connectivity index (χ1) is 10.5. The number of rotatable bonds is 9. The minimum absolute atomic E-state index is 0.457. The van der Waals surface area contributed by atoms with Gasteiger partial charge in [0, 0.05) is 33.4 Å². The molecule has 0 saturated heterocycles. The lowest BCUT2D eigenvalue weighted by atomic mass is 10.1. The van der Waals surface area contributed by atoms with Crippen molar-refractivity contribution >= 4 is 14.8 Å². The molecule has 0 bridgehead atoms. The molecular weight excluding hydrogens is 300 g/mol. The Hall–Kier alpha value is -1.47. The maximum atomic E-state index is 11.4. The average molecular weight is 324 g/mol. The van der Waals surface area contributed by atoms with Crippen LogP contribution in [-0.4, -0.2) is 36.1 Å². The molecule has 1 aromatic rings. The van der Waals surface area contributed by atoms with Crippen molar-refractivity contribution in [3.8, 4) is 5.75 Å². The smallest absolute Gasteiger partial charge is 0.423 e. The van der Waals surface area contributed by atoms with Crippen LogP contribution in [0.5, 0.6) is 5.75 Å². The van der Waals surface area contributed by atoms with E-state index in [1.54, 1.807) is 21.3 Å². The molecule has 0 heterocycles. The van der Waals surface area contributed by atoms with E-state index >= 15 is 0 Å². The number of carbonyl (C=O) groups excluding carboxylic acids is 1. The number of esters is 1. The maximum Gasteiger partial charge on any atom is 0.500 e. The van der Waals surface area contributed by atoms with Crippen molar-refractivity contribution in [3.63, 3.8) is 0 Å². The molecule has 0 saturated carbocycles. The summed E-state index contributed by atoms with van der Waals surface area (Å²) < 4.78 is 21.5. The lowest BCUT2D eigenvalue weighted by Crippen LogP contribution is -2.42. The van der Waals surface area contributed by atoms with Crippen molar-refractivity contribution < 1.29 is 22.8 Å². The van der Waals surface area contributed by atoms with Gasteiger partial charge in [-0.05, 0) is 37.0 Å². The highest BCUT2D eigenvalue weighted by Gasteiger charge is 2.36. The van der Waals surface area contributed by atoms with Gasteiger partial charge in [0.05, 0.1) is 0 Å². The zero-order valence-electron chi connectivity index (χ0n) is 13.7. The Morgan fingerprint density at radius 1 is 1.23 bits per heavy atom. The Balaban J connectivity index is 2.76. The van der Waals surface area contributed by atoms with Crippen LogP contribution in [0.2, 0.25) is 6.04 Å². The number of aryl methyl sites for hydroxylation is 2. The highest BCUT2D eigenvalue weighted by molar-refractivity contribution is 6.60. The predicted octanol–water partition coefficient (Wildman–Crippen LogP) is 2.90. The summed E-state index contributed by atoms with van der Waals surface area (Å²) in [5.74, 6) is 0.116. The zero-order valence-corrected chi connectivity index (χ0v) is 14.7. The predicted molar refractivity (Wildman–Crippen MR) is 86.9 cm³/mol. The first-order valence-electron chi connectivity index (χ1n) is 7.09. The van der Waals surface area contributed by atoms with Gasteiger partial charge < -0.3 is 18.0 Å². The minimum Gasteiger partial charge on any atom is -0.423 e. The van der Waals surface area contributed by atoms with Gasteiger partial charge in [0.2, 0.25) is 0 Å². The van der Waals surface area contributed by atoms with Gasteiger partial charge in [-0.3, -0.25) is 0 Å². The maximum absolute atomic E-state index is 11.4. The van der Waals surface area contributed by atoms with Gasteiger partial charge in [0.15, 0.2) is 0 Å². The molecule has 0 spiro atoms. The molecule has 1 rings (SSSR count). The lowest BCUT2D eigenvalue weighted by molar-refractivity contribution is -0.129. The van der Waals surface area contributed by atoms with Crippen LogP contribution in [-0.2, 0) is 24.5 Å². The molecule has 5 nitrogen and oxygen atoms in total. The molecule has 0 radical (unpaired) electrons. The van der Waals surface area contributed by atoms with Crippen molar-refractivity contribution in [2.75, 3.05) is 21.3 Å². The molecule has 0 aliphatic heterocycles. The second kappa shape index (κ2) is 8.85. The third-order valence-corrected chi connectivity index (χ3v) is 6.29. The largest absolute Gasteiger partial charge is 0.500 e. The van der Waals surface area contributed by atoms with Crippen LogP contribution in [0, 0.1) is 6.92 Å². The van der Waals surface area contributed by atoms with Crippen LogP contribution in [0.3, 0.4) is 0 Å². The standard InChI is InChI=1S/C16H24O5Si/c1-6-16(17)21-15-12-13(2)9-10-14(15)8-7-11-22(18-3,19-4)20-5/h6,9-10,12H,1,7-8,11H2,2-5H3. The summed E-state index contributed by atoms with van der Waals surface area (Å²) in [6, 6.07) is 6.51. The highest BCUT2D eigenvalue weighted by Crippen LogP contribution is 2.24. The van der Waals surface area contributed by atoms with Gasteiger partial charge in [-0.2, -0.15) is 0 Å². The summed E-state index contributed by atoms with van der Waals surface area (Å²) in [6.07, 6.45) is 2.71. The third kappa shape index (κ3) is 5.06. The van der Waals surface area contributed by atoms with Gasteiger partial charge in [0.25, 0.3) is 0 Å². The molecule has 122 valence electrons. The van der Waals surface area contributed by atoms with E-state index in [0.29, 0.717) is 11.8 Å². The normalized spacial score (nSPS) is 11.3. The Morgan fingerprint density at radius 2 is 1.86 bits per heavy atom. The van der Waals surface area contributed by atoms with Crippen molar-refractivity contribution in [1.29, 1.82) is 0 Å². The van der Waals surface area contributed by atoms with E-state index in [9.17, 15) is 4.79 Å². The Kier molecular flexibility index (Phi) is 7.47. The number of hydrogen-bond donors (Lipinski definition) is 0. The number of benzene rings is 1. The minimum atomic E-state index is -2.56. The summed E-state index contributed by atoms with van der Waals surface area (Å²) in [4.78, 5) is 11.4. The molecule has 0 aromatic heterocycles. The molecule has 6 heteroatoms. The molecule has 0 amide bonds. The summed E-state index contributed by atoms with van der Waals surface area (Å²) in [5, 5.41) is 0. The first kappa shape index (κ1) is 18.6. The Bertz CT molecular complexity index is 503. The molecule has 0 fully saturated rings. The lowest BCUT2D eigenvalue weighted by Gasteiger charge is -2.24. The SMILES string of the molecule is C=CC(=O)Oc1cc(C)ccc1CCC[Si](OC)(OC)OC. The number of hydrogen-bond acceptors (Lipinski definition) is 5. The second-order valence-electron chi connectivity index (χ2n) is 4.89. The highest BCUT2D eigenvalue weighted by atomic mass is 28.4. The number of carbonyl (C=O) groups is 1. The van der Waals surface area contributed by atoms with E-state index in [1.807, 2.05) is 25.1 Å². The van der Waals surface area contributed by atoms with Gasteiger partial charge in [0.1, 0.15) is 5.75 Å². The molecule has 0 unspecified atom stereocenters. The Labute approximate surface area is 133 Å². The molecule has 1 aromatic carbocycles. The molecule has 0 aliphatic rings. The van der Waals surface area contributed by atoms with Crippen LogP contribution < -0.4 is 4.74 Å². The summed E-state index contributed by atoms with van der Waals surface area (Å²) in [5.41, 5.74) is 2.00. The number of ether oxygens (including phenoxy) is 1. The van der Waals surface area contributed by atoms with Crippen LogP contribution in [0.25, 0.3) is 0 Å². The van der Waals surface area contributed by atoms with Crippen molar-refractivity contribution in [1.82, 2.24) is 0 Å². The fourth-order valence-corrected chi connectivity index (χ4v) is 3.89. The zero-order chi connectivity index (χ0) is 16.6. The van der Waals surface area contributed by atoms with E-state index in [2.05, 4.69) is 6.58 Å².